The van der Waals surface area contributed by atoms with Gasteiger partial charge in [-0.1, -0.05) is 25.1 Å². The lowest BCUT2D eigenvalue weighted by atomic mass is 10.0. The van der Waals surface area contributed by atoms with Crippen LogP contribution in [0.5, 0.6) is 5.75 Å². The lowest BCUT2D eigenvalue weighted by molar-refractivity contribution is -0.149. The van der Waals surface area contributed by atoms with Crippen LogP contribution >= 0.6 is 0 Å². The van der Waals surface area contributed by atoms with E-state index >= 15 is 0 Å². The molecular weight excluding hydrogens is 242 g/mol. The highest BCUT2D eigenvalue weighted by Crippen LogP contribution is 2.24. The fourth-order valence-electron chi connectivity index (χ4n) is 1.98. The zero-order valence-electron chi connectivity index (χ0n) is 12.1. The van der Waals surface area contributed by atoms with Crippen LogP contribution in [0.15, 0.2) is 24.3 Å². The van der Waals surface area contributed by atoms with Crippen LogP contribution in [0, 0.1) is 0 Å². The molecule has 0 aliphatic heterocycles. The molecule has 0 amide bonds. The fourth-order valence-corrected chi connectivity index (χ4v) is 1.98. The first kappa shape index (κ1) is 15.5. The molecule has 4 nitrogen and oxygen atoms in total. The zero-order valence-corrected chi connectivity index (χ0v) is 12.1. The standard InChI is InChI=1S/C15H23NO3/c1-5-16(15(3,4)14(17)18)11-12-9-7-8-10-13(12)19-6-2/h7-10H,5-6,11H2,1-4H3,(H,17,18). The van der Waals surface area contributed by atoms with Gasteiger partial charge in [0, 0.05) is 12.1 Å². The summed E-state index contributed by atoms with van der Waals surface area (Å²) in [5.41, 5.74) is 0.120. The molecule has 0 aromatic heterocycles. The topological polar surface area (TPSA) is 49.8 Å². The summed E-state index contributed by atoms with van der Waals surface area (Å²) in [7, 11) is 0. The van der Waals surface area contributed by atoms with E-state index < -0.39 is 11.5 Å². The molecule has 0 aliphatic rings. The molecule has 0 aliphatic carbocycles. The minimum Gasteiger partial charge on any atom is -0.494 e. The quantitative estimate of drug-likeness (QED) is 0.823. The molecule has 0 saturated carbocycles. The van der Waals surface area contributed by atoms with Crippen LogP contribution in [-0.4, -0.2) is 34.7 Å². The monoisotopic (exact) mass is 265 g/mol. The molecule has 0 bridgehead atoms. The van der Waals surface area contributed by atoms with E-state index in [4.69, 9.17) is 4.74 Å². The van der Waals surface area contributed by atoms with Crippen molar-refractivity contribution in [3.63, 3.8) is 0 Å². The summed E-state index contributed by atoms with van der Waals surface area (Å²) in [5, 5.41) is 9.32. The van der Waals surface area contributed by atoms with Crippen molar-refractivity contribution < 1.29 is 14.6 Å². The molecule has 0 heterocycles. The summed E-state index contributed by atoms with van der Waals surface area (Å²) in [6.45, 7) is 9.19. The van der Waals surface area contributed by atoms with E-state index in [1.165, 1.54) is 0 Å². The molecule has 0 spiro atoms. The maximum absolute atomic E-state index is 11.3. The van der Waals surface area contributed by atoms with Gasteiger partial charge in [0.2, 0.25) is 0 Å². The first-order valence-electron chi connectivity index (χ1n) is 6.62. The van der Waals surface area contributed by atoms with Crippen molar-refractivity contribution in [2.24, 2.45) is 0 Å². The highest BCUT2D eigenvalue weighted by Gasteiger charge is 2.33. The number of likely N-dealkylation sites (N-methyl/N-ethyl adjacent to an activating group) is 1. The Kier molecular flexibility index (Phi) is 5.36. The van der Waals surface area contributed by atoms with E-state index in [0.717, 1.165) is 11.3 Å². The Bertz CT molecular complexity index is 429. The minimum absolute atomic E-state index is 0.561. The Morgan fingerprint density at radius 1 is 1.32 bits per heavy atom. The molecule has 1 aromatic rings. The summed E-state index contributed by atoms with van der Waals surface area (Å²) < 4.78 is 5.58. The Balaban J connectivity index is 2.96. The summed E-state index contributed by atoms with van der Waals surface area (Å²) in [6, 6.07) is 7.76. The number of hydrogen-bond donors (Lipinski definition) is 1. The SMILES string of the molecule is CCOc1ccccc1CN(CC)C(C)(C)C(=O)O. The summed E-state index contributed by atoms with van der Waals surface area (Å²) >= 11 is 0. The van der Waals surface area contributed by atoms with Crippen molar-refractivity contribution in [2.75, 3.05) is 13.2 Å². The first-order valence-corrected chi connectivity index (χ1v) is 6.62. The van der Waals surface area contributed by atoms with Crippen LogP contribution in [0.25, 0.3) is 0 Å². The van der Waals surface area contributed by atoms with Gasteiger partial charge in [0.05, 0.1) is 6.61 Å². The van der Waals surface area contributed by atoms with Gasteiger partial charge in [0.1, 0.15) is 11.3 Å². The van der Waals surface area contributed by atoms with E-state index in [9.17, 15) is 9.90 Å². The van der Waals surface area contributed by atoms with E-state index in [-0.39, 0.29) is 0 Å². The van der Waals surface area contributed by atoms with Crippen LogP contribution in [0.1, 0.15) is 33.3 Å². The third-order valence-corrected chi connectivity index (χ3v) is 3.33. The van der Waals surface area contributed by atoms with E-state index in [0.29, 0.717) is 19.7 Å². The maximum atomic E-state index is 11.3. The van der Waals surface area contributed by atoms with Crippen LogP contribution in [0.2, 0.25) is 0 Å². The van der Waals surface area contributed by atoms with Gasteiger partial charge in [-0.25, -0.2) is 0 Å². The van der Waals surface area contributed by atoms with Crippen LogP contribution in [0.4, 0.5) is 0 Å². The largest absolute Gasteiger partial charge is 0.494 e. The van der Waals surface area contributed by atoms with E-state index in [1.54, 1.807) is 13.8 Å². The smallest absolute Gasteiger partial charge is 0.323 e. The van der Waals surface area contributed by atoms with Crippen molar-refractivity contribution >= 4 is 5.97 Å². The average molecular weight is 265 g/mol. The van der Waals surface area contributed by atoms with Crippen molar-refractivity contribution in [3.05, 3.63) is 29.8 Å². The van der Waals surface area contributed by atoms with E-state index in [2.05, 4.69) is 0 Å². The third kappa shape index (κ3) is 3.70. The van der Waals surface area contributed by atoms with Gasteiger partial charge in [-0.15, -0.1) is 0 Å². The van der Waals surface area contributed by atoms with Crippen molar-refractivity contribution in [1.82, 2.24) is 4.90 Å². The third-order valence-electron chi connectivity index (χ3n) is 3.33. The lowest BCUT2D eigenvalue weighted by Crippen LogP contribution is -2.49. The number of hydrogen-bond acceptors (Lipinski definition) is 3. The first-order chi connectivity index (χ1) is 8.93. The Morgan fingerprint density at radius 3 is 2.47 bits per heavy atom. The normalized spacial score (nSPS) is 11.6. The summed E-state index contributed by atoms with van der Waals surface area (Å²) in [4.78, 5) is 13.3. The van der Waals surface area contributed by atoms with Crippen LogP contribution in [-0.2, 0) is 11.3 Å². The molecule has 4 heteroatoms. The van der Waals surface area contributed by atoms with Gasteiger partial charge in [0.25, 0.3) is 0 Å². The number of carboxylic acid groups (broad SMARTS) is 1. The lowest BCUT2D eigenvalue weighted by Gasteiger charge is -2.34. The van der Waals surface area contributed by atoms with Crippen LogP contribution in [0.3, 0.4) is 0 Å². The number of aliphatic carboxylic acids is 1. The second-order valence-corrected chi connectivity index (χ2v) is 4.92. The molecule has 1 rings (SSSR count). The van der Waals surface area contributed by atoms with Crippen molar-refractivity contribution in [2.45, 2.75) is 39.8 Å². The number of benzene rings is 1. The molecule has 1 N–H and O–H groups in total. The molecule has 0 fully saturated rings. The molecule has 19 heavy (non-hydrogen) atoms. The second kappa shape index (κ2) is 6.57. The Hall–Kier alpha value is -1.55. The summed E-state index contributed by atoms with van der Waals surface area (Å²) in [6.07, 6.45) is 0. The Labute approximate surface area is 115 Å². The second-order valence-electron chi connectivity index (χ2n) is 4.92. The highest BCUT2D eigenvalue weighted by molar-refractivity contribution is 5.77. The molecule has 0 unspecified atom stereocenters. The summed E-state index contributed by atoms with van der Waals surface area (Å²) in [5.74, 6) is 0.00730. The highest BCUT2D eigenvalue weighted by atomic mass is 16.5. The van der Waals surface area contributed by atoms with Gasteiger partial charge in [-0.3, -0.25) is 9.69 Å². The van der Waals surface area contributed by atoms with Gasteiger partial charge in [-0.2, -0.15) is 0 Å². The molecule has 0 saturated heterocycles. The van der Waals surface area contributed by atoms with Gasteiger partial charge in [-0.05, 0) is 33.4 Å². The van der Waals surface area contributed by atoms with Crippen molar-refractivity contribution in [1.29, 1.82) is 0 Å². The van der Waals surface area contributed by atoms with E-state index in [1.807, 2.05) is 43.0 Å². The number of para-hydroxylation sites is 1. The molecule has 0 radical (unpaired) electrons. The van der Waals surface area contributed by atoms with Gasteiger partial charge < -0.3 is 9.84 Å². The molecule has 106 valence electrons. The molecule has 0 atom stereocenters. The van der Waals surface area contributed by atoms with Gasteiger partial charge in [0.15, 0.2) is 0 Å². The van der Waals surface area contributed by atoms with Gasteiger partial charge >= 0.3 is 5.97 Å². The zero-order chi connectivity index (χ0) is 14.5. The predicted molar refractivity (Wildman–Crippen MR) is 75.4 cm³/mol. The van der Waals surface area contributed by atoms with Crippen molar-refractivity contribution in [3.8, 4) is 5.75 Å². The average Bonchev–Trinajstić information content (AvgIpc) is 2.37. The number of carboxylic acids is 1. The predicted octanol–water partition coefficient (Wildman–Crippen LogP) is 2.77. The number of rotatable bonds is 7. The number of ether oxygens (including phenoxy) is 1. The Morgan fingerprint density at radius 2 is 1.95 bits per heavy atom. The fraction of sp³-hybridized carbons (Fsp3) is 0.533. The van der Waals surface area contributed by atoms with Crippen LogP contribution < -0.4 is 4.74 Å². The molecular formula is C15H23NO3. The number of nitrogens with zero attached hydrogens (tertiary/aromatic N) is 1. The maximum Gasteiger partial charge on any atom is 0.323 e. The number of carbonyl (C=O) groups is 1. The molecule has 1 aromatic carbocycles. The minimum atomic E-state index is -0.895.